The molecule has 3 nitrogen and oxygen atoms in total. The van der Waals surface area contributed by atoms with Crippen molar-refractivity contribution in [2.45, 2.75) is 6.54 Å². The molecule has 0 atom stereocenters. The summed E-state index contributed by atoms with van der Waals surface area (Å²) in [5, 5.41) is 0. The number of aromatic nitrogens is 2. The number of nitrogens with zero attached hydrogens (tertiary/aromatic N) is 2. The van der Waals surface area contributed by atoms with Crippen molar-refractivity contribution in [1.82, 2.24) is 9.55 Å². The molecule has 0 saturated heterocycles. The van der Waals surface area contributed by atoms with Gasteiger partial charge in [0.25, 0.3) is 5.56 Å². The van der Waals surface area contributed by atoms with E-state index in [1.54, 1.807) is 0 Å². The topological polar surface area (TPSA) is 34.9 Å². The molecule has 0 saturated carbocycles. The first-order valence-corrected chi connectivity index (χ1v) is 4.61. The number of hydrogen-bond acceptors (Lipinski definition) is 2. The van der Waals surface area contributed by atoms with Crippen LogP contribution in [0, 0.1) is 11.6 Å². The smallest absolute Gasteiger partial charge is 0.253 e. The third kappa shape index (κ3) is 2.13. The first-order chi connectivity index (χ1) is 7.66. The molecule has 82 valence electrons. The highest BCUT2D eigenvalue weighted by Gasteiger charge is 2.03. The highest BCUT2D eigenvalue weighted by Crippen LogP contribution is 2.09. The average Bonchev–Trinajstić information content (AvgIpc) is 2.27. The summed E-state index contributed by atoms with van der Waals surface area (Å²) in [6.45, 7) is 0.171. The van der Waals surface area contributed by atoms with Gasteiger partial charge in [0, 0.05) is 12.3 Å². The van der Waals surface area contributed by atoms with Gasteiger partial charge < -0.3 is 0 Å². The molecular weight excluding hydrogens is 214 g/mol. The van der Waals surface area contributed by atoms with Crippen molar-refractivity contribution in [3.8, 4) is 0 Å². The Balaban J connectivity index is 2.31. The number of rotatable bonds is 2. The van der Waals surface area contributed by atoms with Crippen molar-refractivity contribution in [2.24, 2.45) is 0 Å². The van der Waals surface area contributed by atoms with Crippen LogP contribution in [0.2, 0.25) is 0 Å². The highest BCUT2D eigenvalue weighted by molar-refractivity contribution is 5.18. The second-order valence-corrected chi connectivity index (χ2v) is 3.29. The maximum atomic E-state index is 12.9. The van der Waals surface area contributed by atoms with Crippen LogP contribution in [0.5, 0.6) is 0 Å². The molecule has 0 aliphatic heterocycles. The van der Waals surface area contributed by atoms with Gasteiger partial charge in [-0.15, -0.1) is 0 Å². The van der Waals surface area contributed by atoms with E-state index < -0.39 is 11.6 Å². The zero-order chi connectivity index (χ0) is 11.5. The van der Waals surface area contributed by atoms with E-state index >= 15 is 0 Å². The van der Waals surface area contributed by atoms with Crippen LogP contribution in [0.1, 0.15) is 5.56 Å². The zero-order valence-electron chi connectivity index (χ0n) is 8.23. The molecule has 0 fully saturated rings. The van der Waals surface area contributed by atoms with Gasteiger partial charge in [-0.25, -0.2) is 13.8 Å². The Morgan fingerprint density at radius 3 is 2.69 bits per heavy atom. The molecule has 5 heteroatoms. The maximum Gasteiger partial charge on any atom is 0.253 e. The van der Waals surface area contributed by atoms with Gasteiger partial charge >= 0.3 is 0 Å². The fourth-order valence-corrected chi connectivity index (χ4v) is 1.33. The molecule has 2 rings (SSSR count). The molecule has 2 aromatic rings. The van der Waals surface area contributed by atoms with Crippen molar-refractivity contribution in [1.29, 1.82) is 0 Å². The molecule has 0 amide bonds. The molecule has 0 aliphatic rings. The second-order valence-electron chi connectivity index (χ2n) is 3.29. The van der Waals surface area contributed by atoms with Crippen molar-refractivity contribution in [2.75, 3.05) is 0 Å². The lowest BCUT2D eigenvalue weighted by Gasteiger charge is -2.04. The number of halogens is 2. The molecule has 0 N–H and O–H groups in total. The number of benzene rings is 1. The van der Waals surface area contributed by atoms with Gasteiger partial charge in [0.1, 0.15) is 0 Å². The quantitative estimate of drug-likeness (QED) is 0.773. The standard InChI is InChI=1S/C11H8F2N2O/c12-9-2-1-8(5-10(9)13)6-15-7-14-4-3-11(15)16/h1-5,7H,6H2. The van der Waals surface area contributed by atoms with Crippen LogP contribution in [0.4, 0.5) is 8.78 Å². The van der Waals surface area contributed by atoms with Crippen LogP contribution in [0.25, 0.3) is 0 Å². The molecule has 0 radical (unpaired) electrons. The predicted molar refractivity (Wildman–Crippen MR) is 54.0 cm³/mol. The van der Waals surface area contributed by atoms with Gasteiger partial charge in [0.05, 0.1) is 12.9 Å². The van der Waals surface area contributed by atoms with E-state index in [1.807, 2.05) is 0 Å². The minimum Gasteiger partial charge on any atom is -0.295 e. The summed E-state index contributed by atoms with van der Waals surface area (Å²) in [4.78, 5) is 15.1. The molecular formula is C11H8F2N2O. The Kier molecular flexibility index (Phi) is 2.76. The first-order valence-electron chi connectivity index (χ1n) is 4.61. The van der Waals surface area contributed by atoms with E-state index in [-0.39, 0.29) is 12.1 Å². The van der Waals surface area contributed by atoms with Crippen LogP contribution in [0.3, 0.4) is 0 Å². The van der Waals surface area contributed by atoms with E-state index in [9.17, 15) is 13.6 Å². The summed E-state index contributed by atoms with van der Waals surface area (Å²) in [6, 6.07) is 4.83. The first kappa shape index (κ1) is 10.5. The lowest BCUT2D eigenvalue weighted by Crippen LogP contribution is -2.19. The van der Waals surface area contributed by atoms with Gasteiger partial charge in [0.15, 0.2) is 11.6 Å². The Labute approximate surface area is 90.0 Å². The van der Waals surface area contributed by atoms with Gasteiger partial charge in [-0.2, -0.15) is 0 Å². The Bertz CT molecular complexity index is 566. The Hall–Kier alpha value is -2.04. The van der Waals surface area contributed by atoms with Gasteiger partial charge in [-0.1, -0.05) is 6.07 Å². The maximum absolute atomic E-state index is 12.9. The SMILES string of the molecule is O=c1ccncn1Cc1ccc(F)c(F)c1. The summed E-state index contributed by atoms with van der Waals surface area (Å²) in [6.07, 6.45) is 2.73. The number of hydrogen-bond donors (Lipinski definition) is 0. The van der Waals surface area contributed by atoms with Crippen LogP contribution in [-0.4, -0.2) is 9.55 Å². The minimum atomic E-state index is -0.922. The zero-order valence-corrected chi connectivity index (χ0v) is 8.23. The molecule has 0 unspecified atom stereocenters. The van der Waals surface area contributed by atoms with E-state index in [4.69, 9.17) is 0 Å². The van der Waals surface area contributed by atoms with Crippen molar-refractivity contribution < 1.29 is 8.78 Å². The van der Waals surface area contributed by atoms with Crippen LogP contribution < -0.4 is 5.56 Å². The molecule has 16 heavy (non-hydrogen) atoms. The summed E-state index contributed by atoms with van der Waals surface area (Å²) >= 11 is 0. The fourth-order valence-electron chi connectivity index (χ4n) is 1.33. The molecule has 0 bridgehead atoms. The van der Waals surface area contributed by atoms with Crippen molar-refractivity contribution in [3.63, 3.8) is 0 Å². The third-order valence-corrected chi connectivity index (χ3v) is 2.13. The van der Waals surface area contributed by atoms with E-state index in [0.29, 0.717) is 5.56 Å². The molecule has 0 aliphatic carbocycles. The molecule has 1 aromatic heterocycles. The average molecular weight is 222 g/mol. The lowest BCUT2D eigenvalue weighted by molar-refractivity contribution is 0.506. The molecule has 0 spiro atoms. The normalized spacial score (nSPS) is 10.4. The van der Waals surface area contributed by atoms with Gasteiger partial charge in [-0.05, 0) is 17.7 Å². The third-order valence-electron chi connectivity index (χ3n) is 2.13. The van der Waals surface area contributed by atoms with Crippen LogP contribution >= 0.6 is 0 Å². The van der Waals surface area contributed by atoms with E-state index in [2.05, 4.69) is 4.98 Å². The Morgan fingerprint density at radius 2 is 2.00 bits per heavy atom. The summed E-state index contributed by atoms with van der Waals surface area (Å²) < 4.78 is 26.9. The largest absolute Gasteiger partial charge is 0.295 e. The second kappa shape index (κ2) is 4.22. The fraction of sp³-hybridized carbons (Fsp3) is 0.0909. The van der Waals surface area contributed by atoms with Crippen LogP contribution in [-0.2, 0) is 6.54 Å². The monoisotopic (exact) mass is 222 g/mol. The van der Waals surface area contributed by atoms with E-state index in [0.717, 1.165) is 12.1 Å². The van der Waals surface area contributed by atoms with Crippen molar-refractivity contribution >= 4 is 0 Å². The van der Waals surface area contributed by atoms with Crippen molar-refractivity contribution in [3.05, 3.63) is 64.3 Å². The summed E-state index contributed by atoms with van der Waals surface area (Å²) in [5.41, 5.74) is 0.272. The van der Waals surface area contributed by atoms with Gasteiger partial charge in [0.2, 0.25) is 0 Å². The summed E-state index contributed by atoms with van der Waals surface area (Å²) in [7, 11) is 0. The van der Waals surface area contributed by atoms with Crippen LogP contribution in [0.15, 0.2) is 41.6 Å². The minimum absolute atomic E-state index is 0.171. The predicted octanol–water partition coefficient (Wildman–Crippen LogP) is 1.57. The molecule has 1 heterocycles. The summed E-state index contributed by atoms with van der Waals surface area (Å²) in [5.74, 6) is -1.82. The Morgan fingerprint density at radius 1 is 1.19 bits per heavy atom. The van der Waals surface area contributed by atoms with Gasteiger partial charge in [-0.3, -0.25) is 9.36 Å². The highest BCUT2D eigenvalue weighted by atomic mass is 19.2. The van der Waals surface area contributed by atoms with E-state index in [1.165, 1.54) is 29.2 Å². The molecule has 1 aromatic carbocycles. The lowest BCUT2D eigenvalue weighted by atomic mass is 10.2.